The fourth-order valence-corrected chi connectivity index (χ4v) is 1.70. The Bertz CT molecular complexity index is 588. The first kappa shape index (κ1) is 12.9. The zero-order valence-electron chi connectivity index (χ0n) is 10.3. The summed E-state index contributed by atoms with van der Waals surface area (Å²) < 4.78 is 5.46. The Balaban J connectivity index is 1.98. The number of anilines is 1. The highest BCUT2D eigenvalue weighted by Crippen LogP contribution is 2.21. The van der Waals surface area contributed by atoms with Crippen molar-refractivity contribution in [3.05, 3.63) is 59.7 Å². The molecule has 0 spiro atoms. The van der Waals surface area contributed by atoms with Gasteiger partial charge in [0.25, 0.3) is 0 Å². The minimum atomic E-state index is -0.781. The van der Waals surface area contributed by atoms with Gasteiger partial charge in [-0.15, -0.1) is 0 Å². The summed E-state index contributed by atoms with van der Waals surface area (Å²) >= 11 is 0. The molecule has 4 heteroatoms. The van der Waals surface area contributed by atoms with Crippen molar-refractivity contribution in [1.29, 1.82) is 5.26 Å². The third-order valence-corrected chi connectivity index (χ3v) is 2.75. The van der Waals surface area contributed by atoms with E-state index < -0.39 is 6.10 Å². The van der Waals surface area contributed by atoms with Crippen LogP contribution in [0.5, 0.6) is 5.75 Å². The van der Waals surface area contributed by atoms with Gasteiger partial charge in [0.2, 0.25) is 0 Å². The lowest BCUT2D eigenvalue weighted by Crippen LogP contribution is -2.11. The molecule has 0 radical (unpaired) electrons. The quantitative estimate of drug-likeness (QED) is 0.820. The molecular weight excluding hydrogens is 240 g/mol. The lowest BCUT2D eigenvalue weighted by atomic mass is 10.1. The molecule has 2 aromatic carbocycles. The number of aliphatic hydroxyl groups is 1. The van der Waals surface area contributed by atoms with E-state index in [1.165, 1.54) is 0 Å². The van der Waals surface area contributed by atoms with Crippen LogP contribution in [0.25, 0.3) is 0 Å². The van der Waals surface area contributed by atoms with Gasteiger partial charge < -0.3 is 15.6 Å². The van der Waals surface area contributed by atoms with Crippen LogP contribution in [0.3, 0.4) is 0 Å². The second-order valence-electron chi connectivity index (χ2n) is 4.09. The summed E-state index contributed by atoms with van der Waals surface area (Å²) in [6.07, 6.45) is -0.781. The molecule has 19 heavy (non-hydrogen) atoms. The molecule has 1 atom stereocenters. The number of rotatable bonds is 4. The Morgan fingerprint density at radius 2 is 1.84 bits per heavy atom. The van der Waals surface area contributed by atoms with Crippen molar-refractivity contribution in [2.24, 2.45) is 0 Å². The second kappa shape index (κ2) is 5.89. The third kappa shape index (κ3) is 3.24. The number of nitriles is 1. The number of ether oxygens (including phenoxy) is 1. The SMILES string of the molecule is N#Cc1ccc(OCC(O)c2ccccc2N)cc1. The Morgan fingerprint density at radius 3 is 2.47 bits per heavy atom. The maximum atomic E-state index is 10.0. The molecule has 1 unspecified atom stereocenters. The van der Waals surface area contributed by atoms with Crippen LogP contribution in [0.2, 0.25) is 0 Å². The van der Waals surface area contributed by atoms with Crippen molar-refractivity contribution in [3.63, 3.8) is 0 Å². The monoisotopic (exact) mass is 254 g/mol. The lowest BCUT2D eigenvalue weighted by molar-refractivity contribution is 0.109. The van der Waals surface area contributed by atoms with Crippen molar-refractivity contribution in [2.45, 2.75) is 6.10 Å². The fourth-order valence-electron chi connectivity index (χ4n) is 1.70. The number of nitrogens with zero attached hydrogens (tertiary/aromatic N) is 1. The van der Waals surface area contributed by atoms with Crippen LogP contribution in [0.15, 0.2) is 48.5 Å². The maximum Gasteiger partial charge on any atom is 0.119 e. The predicted molar refractivity (Wildman–Crippen MR) is 72.5 cm³/mol. The summed E-state index contributed by atoms with van der Waals surface area (Å²) in [5.74, 6) is 0.604. The highest BCUT2D eigenvalue weighted by molar-refractivity contribution is 5.47. The highest BCUT2D eigenvalue weighted by atomic mass is 16.5. The van der Waals surface area contributed by atoms with Crippen LogP contribution in [-0.4, -0.2) is 11.7 Å². The average molecular weight is 254 g/mol. The van der Waals surface area contributed by atoms with E-state index >= 15 is 0 Å². The first-order valence-corrected chi connectivity index (χ1v) is 5.86. The molecule has 0 aliphatic carbocycles. The van der Waals surface area contributed by atoms with E-state index in [0.717, 1.165) is 0 Å². The zero-order valence-corrected chi connectivity index (χ0v) is 10.3. The van der Waals surface area contributed by atoms with Gasteiger partial charge in [-0.25, -0.2) is 0 Å². The van der Waals surface area contributed by atoms with E-state index in [1.807, 2.05) is 18.2 Å². The summed E-state index contributed by atoms with van der Waals surface area (Å²) in [5, 5.41) is 18.7. The number of nitrogen functional groups attached to an aromatic ring is 1. The molecule has 3 N–H and O–H groups in total. The van der Waals surface area contributed by atoms with Crippen LogP contribution < -0.4 is 10.5 Å². The number of hydrogen-bond acceptors (Lipinski definition) is 4. The van der Waals surface area contributed by atoms with Crippen molar-refractivity contribution < 1.29 is 9.84 Å². The van der Waals surface area contributed by atoms with E-state index in [4.69, 9.17) is 15.7 Å². The van der Waals surface area contributed by atoms with Crippen molar-refractivity contribution in [3.8, 4) is 11.8 Å². The van der Waals surface area contributed by atoms with Gasteiger partial charge in [0.1, 0.15) is 18.5 Å². The zero-order chi connectivity index (χ0) is 13.7. The van der Waals surface area contributed by atoms with Gasteiger partial charge in [-0.05, 0) is 30.3 Å². The molecule has 0 heterocycles. The van der Waals surface area contributed by atoms with Gasteiger partial charge in [-0.1, -0.05) is 18.2 Å². The molecule has 2 rings (SSSR count). The Kier molecular flexibility index (Phi) is 4.01. The van der Waals surface area contributed by atoms with Crippen LogP contribution in [0, 0.1) is 11.3 Å². The standard InChI is InChI=1S/C15H14N2O2/c16-9-11-5-7-12(8-6-11)19-10-15(18)13-3-1-2-4-14(13)17/h1-8,15,18H,10,17H2. The van der Waals surface area contributed by atoms with Crippen LogP contribution in [0.4, 0.5) is 5.69 Å². The highest BCUT2D eigenvalue weighted by Gasteiger charge is 2.11. The molecule has 0 amide bonds. The smallest absolute Gasteiger partial charge is 0.119 e. The van der Waals surface area contributed by atoms with E-state index in [1.54, 1.807) is 36.4 Å². The van der Waals surface area contributed by atoms with Gasteiger partial charge in [-0.2, -0.15) is 5.26 Å². The van der Waals surface area contributed by atoms with Crippen LogP contribution >= 0.6 is 0 Å². The van der Waals surface area contributed by atoms with E-state index in [9.17, 15) is 5.11 Å². The minimum Gasteiger partial charge on any atom is -0.491 e. The van der Waals surface area contributed by atoms with Crippen molar-refractivity contribution >= 4 is 5.69 Å². The number of hydrogen-bond donors (Lipinski definition) is 2. The largest absolute Gasteiger partial charge is 0.491 e. The molecule has 0 aliphatic rings. The summed E-state index contributed by atoms with van der Waals surface area (Å²) in [6, 6.07) is 15.9. The maximum absolute atomic E-state index is 10.0. The average Bonchev–Trinajstić information content (AvgIpc) is 2.46. The first-order chi connectivity index (χ1) is 9.20. The normalized spacial score (nSPS) is 11.6. The van der Waals surface area contributed by atoms with Gasteiger partial charge in [0.15, 0.2) is 0 Å². The first-order valence-electron chi connectivity index (χ1n) is 5.86. The fraction of sp³-hybridized carbons (Fsp3) is 0.133. The predicted octanol–water partition coefficient (Wildman–Crippen LogP) is 2.25. The van der Waals surface area contributed by atoms with E-state index in [2.05, 4.69) is 0 Å². The van der Waals surface area contributed by atoms with E-state index in [0.29, 0.717) is 22.6 Å². The van der Waals surface area contributed by atoms with Crippen LogP contribution in [0.1, 0.15) is 17.2 Å². The van der Waals surface area contributed by atoms with Crippen molar-refractivity contribution in [2.75, 3.05) is 12.3 Å². The summed E-state index contributed by atoms with van der Waals surface area (Å²) in [6.45, 7) is 0.111. The summed E-state index contributed by atoms with van der Waals surface area (Å²) in [7, 11) is 0. The second-order valence-corrected chi connectivity index (χ2v) is 4.09. The number of nitrogens with two attached hydrogens (primary N) is 1. The summed E-state index contributed by atoms with van der Waals surface area (Å²) in [5.41, 5.74) is 7.54. The lowest BCUT2D eigenvalue weighted by Gasteiger charge is -2.14. The number of para-hydroxylation sites is 1. The molecule has 0 aromatic heterocycles. The molecule has 0 fully saturated rings. The summed E-state index contributed by atoms with van der Waals surface area (Å²) in [4.78, 5) is 0. The molecule has 2 aromatic rings. The van der Waals surface area contributed by atoms with Gasteiger partial charge in [0.05, 0.1) is 11.6 Å². The van der Waals surface area contributed by atoms with Gasteiger partial charge in [-0.3, -0.25) is 0 Å². The van der Waals surface area contributed by atoms with Crippen LogP contribution in [-0.2, 0) is 0 Å². The molecule has 0 aliphatic heterocycles. The van der Waals surface area contributed by atoms with Gasteiger partial charge in [0, 0.05) is 11.3 Å². The number of aliphatic hydroxyl groups excluding tert-OH is 1. The molecule has 0 saturated heterocycles. The number of benzene rings is 2. The molecule has 96 valence electrons. The third-order valence-electron chi connectivity index (χ3n) is 2.75. The molecule has 4 nitrogen and oxygen atoms in total. The van der Waals surface area contributed by atoms with Crippen molar-refractivity contribution in [1.82, 2.24) is 0 Å². The molecule has 0 bridgehead atoms. The molecular formula is C15H14N2O2. The molecule has 0 saturated carbocycles. The topological polar surface area (TPSA) is 79.3 Å². The minimum absolute atomic E-state index is 0.111. The van der Waals surface area contributed by atoms with Gasteiger partial charge >= 0.3 is 0 Å². The Labute approximate surface area is 111 Å². The van der Waals surface area contributed by atoms with E-state index in [-0.39, 0.29) is 6.61 Å². The Hall–Kier alpha value is -2.51. The Morgan fingerprint density at radius 1 is 1.16 bits per heavy atom.